The van der Waals surface area contributed by atoms with E-state index in [1.807, 2.05) is 6.07 Å². The molecule has 1 aromatic carbocycles. The van der Waals surface area contributed by atoms with Gasteiger partial charge < -0.3 is 18.4 Å². The van der Waals surface area contributed by atoms with Crippen LogP contribution in [0.4, 0.5) is 0 Å². The minimum absolute atomic E-state index is 0.0188. The summed E-state index contributed by atoms with van der Waals surface area (Å²) < 4.78 is 39.8. The third-order valence-electron chi connectivity index (χ3n) is 7.61. The molecule has 2 unspecified atom stereocenters. The maximum absolute atomic E-state index is 12.2. The Morgan fingerprint density at radius 2 is 1.96 bits per heavy atom. The number of ether oxygens (including phenoxy) is 2. The topological polar surface area (TPSA) is 68.9 Å². The lowest BCUT2D eigenvalue weighted by Crippen LogP contribution is -2.44. The number of fused-ring (bicyclic) bond motifs is 6. The summed E-state index contributed by atoms with van der Waals surface area (Å²) in [7, 11) is 0. The molecular formula is C22H28O5S. The van der Waals surface area contributed by atoms with Crippen molar-refractivity contribution in [2.24, 2.45) is 11.3 Å². The molecule has 0 saturated heterocycles. The summed E-state index contributed by atoms with van der Waals surface area (Å²) >= 11 is -2.22. The smallest absolute Gasteiger partial charge is 0.231 e. The van der Waals surface area contributed by atoms with E-state index in [1.54, 1.807) is 0 Å². The van der Waals surface area contributed by atoms with Gasteiger partial charge in [-0.15, -0.1) is 0 Å². The van der Waals surface area contributed by atoms with Crippen molar-refractivity contribution in [2.75, 3.05) is 6.79 Å². The average molecular weight is 405 g/mol. The molecule has 152 valence electrons. The zero-order chi connectivity index (χ0) is 19.8. The Hall–Kier alpha value is -1.53. The van der Waals surface area contributed by atoms with E-state index < -0.39 is 11.1 Å². The monoisotopic (exact) mass is 404 g/mol. The Morgan fingerprint density at radius 1 is 1.18 bits per heavy atom. The van der Waals surface area contributed by atoms with Crippen LogP contribution >= 0.6 is 0 Å². The standard InChI is InChI=1S/C22H28O5S/c1-12-6-7-15-21(2,3)8-5-9-22(15,4)16-13-10-14-19(26-11-25-14)20(28(23)24)18(13)27-17(12)16/h10,12,15H,5-9,11H2,1-4H3,(H,23,24)/t12?,15-,22-/m1/s1. The summed E-state index contributed by atoms with van der Waals surface area (Å²) in [4.78, 5) is 0.209. The zero-order valence-electron chi connectivity index (χ0n) is 17.0. The van der Waals surface area contributed by atoms with Crippen molar-refractivity contribution >= 4 is 22.0 Å². The van der Waals surface area contributed by atoms with Gasteiger partial charge in [0, 0.05) is 16.9 Å². The van der Waals surface area contributed by atoms with Crippen molar-refractivity contribution in [1.29, 1.82) is 0 Å². The van der Waals surface area contributed by atoms with E-state index in [9.17, 15) is 8.76 Å². The second-order valence-electron chi connectivity index (χ2n) is 9.70. The Labute approximate surface area is 168 Å². The zero-order valence-corrected chi connectivity index (χ0v) is 17.8. The minimum atomic E-state index is -2.22. The fourth-order valence-electron chi connectivity index (χ4n) is 6.35. The molecule has 2 aromatic rings. The van der Waals surface area contributed by atoms with Crippen LogP contribution in [0.5, 0.6) is 11.5 Å². The highest BCUT2D eigenvalue weighted by molar-refractivity contribution is 7.79. The van der Waals surface area contributed by atoms with Crippen molar-refractivity contribution in [1.82, 2.24) is 0 Å². The summed E-state index contributed by atoms with van der Waals surface area (Å²) in [6.45, 7) is 9.46. The summed E-state index contributed by atoms with van der Waals surface area (Å²) in [5, 5.41) is 0.926. The second-order valence-corrected chi connectivity index (χ2v) is 10.6. The van der Waals surface area contributed by atoms with Gasteiger partial charge in [0.15, 0.2) is 33.1 Å². The molecule has 0 bridgehead atoms. The maximum Gasteiger partial charge on any atom is 0.231 e. The predicted octanol–water partition coefficient (Wildman–Crippen LogP) is 5.72. The molecule has 0 radical (unpaired) electrons. The SMILES string of the molecule is CC1CC[C@@H]2C(C)(C)CCC[C@@]2(C)c2c1oc1c(S(=O)O)c3c(cc21)OCO3. The van der Waals surface area contributed by atoms with Crippen LogP contribution < -0.4 is 9.47 Å². The molecular weight excluding hydrogens is 376 g/mol. The minimum Gasteiger partial charge on any atom is -0.459 e. The number of hydrogen-bond donors (Lipinski definition) is 1. The first kappa shape index (κ1) is 18.5. The fourth-order valence-corrected chi connectivity index (χ4v) is 6.98. The van der Waals surface area contributed by atoms with Gasteiger partial charge in [0.25, 0.3) is 0 Å². The van der Waals surface area contributed by atoms with E-state index in [0.717, 1.165) is 24.0 Å². The van der Waals surface area contributed by atoms with Crippen LogP contribution in [0.15, 0.2) is 15.4 Å². The van der Waals surface area contributed by atoms with Crippen LogP contribution in [-0.4, -0.2) is 15.6 Å². The van der Waals surface area contributed by atoms with E-state index in [4.69, 9.17) is 13.9 Å². The molecule has 1 saturated carbocycles. The highest BCUT2D eigenvalue weighted by Crippen LogP contribution is 2.60. The third-order valence-corrected chi connectivity index (χ3v) is 8.33. The van der Waals surface area contributed by atoms with Gasteiger partial charge in [0.2, 0.25) is 6.79 Å². The van der Waals surface area contributed by atoms with Crippen LogP contribution in [0.2, 0.25) is 0 Å². The van der Waals surface area contributed by atoms with Gasteiger partial charge in [-0.05, 0) is 48.5 Å². The largest absolute Gasteiger partial charge is 0.459 e. The Bertz CT molecular complexity index is 991. The van der Waals surface area contributed by atoms with Crippen molar-refractivity contribution in [3.05, 3.63) is 17.4 Å². The predicted molar refractivity (Wildman–Crippen MR) is 107 cm³/mol. The van der Waals surface area contributed by atoms with Crippen molar-refractivity contribution in [2.45, 2.75) is 76.0 Å². The van der Waals surface area contributed by atoms with E-state index in [0.29, 0.717) is 23.0 Å². The molecule has 2 aliphatic carbocycles. The molecule has 1 aromatic heterocycles. The van der Waals surface area contributed by atoms with Crippen LogP contribution in [0.25, 0.3) is 11.0 Å². The lowest BCUT2D eigenvalue weighted by Gasteiger charge is -2.50. The maximum atomic E-state index is 12.2. The van der Waals surface area contributed by atoms with Crippen molar-refractivity contribution in [3.63, 3.8) is 0 Å². The van der Waals surface area contributed by atoms with Gasteiger partial charge in [-0.2, -0.15) is 0 Å². The first-order valence-electron chi connectivity index (χ1n) is 10.2. The summed E-state index contributed by atoms with van der Waals surface area (Å²) in [5.74, 6) is 2.69. The number of hydrogen-bond acceptors (Lipinski definition) is 4. The molecule has 0 amide bonds. The van der Waals surface area contributed by atoms with E-state index in [2.05, 4.69) is 27.7 Å². The molecule has 1 N–H and O–H groups in total. The summed E-state index contributed by atoms with van der Waals surface area (Å²) in [5.41, 5.74) is 1.97. The molecule has 6 heteroatoms. The van der Waals surface area contributed by atoms with Gasteiger partial charge in [-0.1, -0.05) is 34.1 Å². The molecule has 5 nitrogen and oxygen atoms in total. The Morgan fingerprint density at radius 3 is 2.71 bits per heavy atom. The van der Waals surface area contributed by atoms with Gasteiger partial charge in [-0.3, -0.25) is 0 Å². The highest BCUT2D eigenvalue weighted by Gasteiger charge is 2.51. The number of furan rings is 1. The Balaban J connectivity index is 1.86. The lowest BCUT2D eigenvalue weighted by atomic mass is 9.53. The third kappa shape index (κ3) is 2.37. The molecule has 5 rings (SSSR count). The first-order valence-corrected chi connectivity index (χ1v) is 11.3. The number of benzene rings is 1. The quantitative estimate of drug-likeness (QED) is 0.615. The molecule has 28 heavy (non-hydrogen) atoms. The molecule has 1 fully saturated rings. The summed E-state index contributed by atoms with van der Waals surface area (Å²) in [6, 6.07) is 1.97. The lowest BCUT2D eigenvalue weighted by molar-refractivity contribution is 0.0504. The first-order chi connectivity index (χ1) is 13.2. The average Bonchev–Trinajstić information content (AvgIpc) is 3.19. The van der Waals surface area contributed by atoms with E-state index in [-0.39, 0.29) is 28.4 Å². The fraction of sp³-hybridized carbons (Fsp3) is 0.636. The molecule has 4 atom stereocenters. The van der Waals surface area contributed by atoms with E-state index >= 15 is 0 Å². The van der Waals surface area contributed by atoms with Crippen LogP contribution in [0, 0.1) is 11.3 Å². The van der Waals surface area contributed by atoms with Crippen molar-refractivity contribution < 1.29 is 22.7 Å². The normalized spacial score (nSPS) is 31.9. The van der Waals surface area contributed by atoms with Crippen LogP contribution in [0.1, 0.15) is 77.0 Å². The van der Waals surface area contributed by atoms with Gasteiger partial charge in [-0.25, -0.2) is 4.21 Å². The molecule has 0 spiro atoms. The second kappa shape index (κ2) is 5.99. The molecule has 3 aliphatic rings. The highest BCUT2D eigenvalue weighted by atomic mass is 32.2. The summed E-state index contributed by atoms with van der Waals surface area (Å²) in [6.07, 6.45) is 5.79. The van der Waals surface area contributed by atoms with Gasteiger partial charge in [0.05, 0.1) is 0 Å². The molecule has 2 heterocycles. The van der Waals surface area contributed by atoms with Crippen LogP contribution in [-0.2, 0) is 16.5 Å². The number of rotatable bonds is 1. The van der Waals surface area contributed by atoms with E-state index in [1.165, 1.54) is 24.8 Å². The Kier molecular flexibility index (Phi) is 3.95. The van der Waals surface area contributed by atoms with Crippen LogP contribution in [0.3, 0.4) is 0 Å². The van der Waals surface area contributed by atoms with Gasteiger partial charge in [0.1, 0.15) is 5.76 Å². The van der Waals surface area contributed by atoms with Crippen molar-refractivity contribution in [3.8, 4) is 11.5 Å². The molecule has 1 aliphatic heterocycles. The van der Waals surface area contributed by atoms with Gasteiger partial charge >= 0.3 is 0 Å².